The number of aromatic nitrogens is 2. The van der Waals surface area contributed by atoms with E-state index in [4.69, 9.17) is 17.3 Å². The van der Waals surface area contributed by atoms with Crippen LogP contribution in [0.15, 0.2) is 24.3 Å². The predicted octanol–water partition coefficient (Wildman–Crippen LogP) is 3.97. The molecule has 0 aliphatic rings. The minimum Gasteiger partial charge on any atom is -0.324 e. The van der Waals surface area contributed by atoms with Gasteiger partial charge in [-0.3, -0.25) is 4.68 Å². The molecule has 20 heavy (non-hydrogen) atoms. The molecule has 2 aromatic rings. The highest BCUT2D eigenvalue weighted by Crippen LogP contribution is 2.25. The molecule has 3 nitrogen and oxygen atoms in total. The maximum Gasteiger partial charge on any atom is 0.0624 e. The minimum absolute atomic E-state index is 0.0627. The van der Waals surface area contributed by atoms with Crippen molar-refractivity contribution in [3.63, 3.8) is 0 Å². The molecule has 0 saturated heterocycles. The Morgan fingerprint density at radius 2 is 2.10 bits per heavy atom. The smallest absolute Gasteiger partial charge is 0.0624 e. The molecular weight excluding hydrogens is 385 g/mol. The summed E-state index contributed by atoms with van der Waals surface area (Å²) in [6.07, 6.45) is 1.72. The monoisotopic (exact) mass is 403 g/mol. The van der Waals surface area contributed by atoms with Crippen LogP contribution in [0.3, 0.4) is 0 Å². The maximum atomic E-state index is 6.37. The van der Waals surface area contributed by atoms with E-state index in [1.165, 1.54) is 5.69 Å². The standard InChI is InChI=1S/C15H19ClIN3/c1-3-11-8-12(20(4-2)19-11)9-15(18)13-7-10(16)5-6-14(13)17/h5-8,15H,3-4,9,18H2,1-2H3. The average molecular weight is 404 g/mol. The van der Waals surface area contributed by atoms with Gasteiger partial charge in [-0.15, -0.1) is 0 Å². The molecule has 1 heterocycles. The van der Waals surface area contributed by atoms with Crippen molar-refractivity contribution < 1.29 is 0 Å². The quantitative estimate of drug-likeness (QED) is 0.768. The summed E-state index contributed by atoms with van der Waals surface area (Å²) in [6, 6.07) is 7.95. The van der Waals surface area contributed by atoms with Gasteiger partial charge in [0.25, 0.3) is 0 Å². The van der Waals surface area contributed by atoms with E-state index in [0.29, 0.717) is 0 Å². The van der Waals surface area contributed by atoms with Crippen molar-refractivity contribution in [3.05, 3.63) is 49.8 Å². The van der Waals surface area contributed by atoms with Crippen molar-refractivity contribution in [3.8, 4) is 0 Å². The molecular formula is C15H19ClIN3. The first-order valence-electron chi connectivity index (χ1n) is 6.81. The lowest BCUT2D eigenvalue weighted by atomic mass is 10.0. The Labute approximate surface area is 138 Å². The number of nitrogens with two attached hydrogens (primary N) is 1. The van der Waals surface area contributed by atoms with E-state index >= 15 is 0 Å². The molecule has 0 radical (unpaired) electrons. The van der Waals surface area contributed by atoms with E-state index in [9.17, 15) is 0 Å². The number of halogens is 2. The molecule has 1 atom stereocenters. The molecule has 2 rings (SSSR count). The van der Waals surface area contributed by atoms with Gasteiger partial charge >= 0.3 is 0 Å². The fraction of sp³-hybridized carbons (Fsp3) is 0.400. The Kier molecular flexibility index (Phi) is 5.46. The normalized spacial score (nSPS) is 12.7. The van der Waals surface area contributed by atoms with Crippen LogP contribution in [0.25, 0.3) is 0 Å². The van der Waals surface area contributed by atoms with Gasteiger partial charge in [0.05, 0.1) is 5.69 Å². The molecule has 5 heteroatoms. The van der Waals surface area contributed by atoms with Crippen LogP contribution in [0.4, 0.5) is 0 Å². The second-order valence-corrected chi connectivity index (χ2v) is 6.37. The molecule has 0 aliphatic heterocycles. The zero-order chi connectivity index (χ0) is 14.7. The molecule has 0 aliphatic carbocycles. The molecule has 0 spiro atoms. The van der Waals surface area contributed by atoms with Crippen molar-refractivity contribution in [1.29, 1.82) is 0 Å². The summed E-state index contributed by atoms with van der Waals surface area (Å²) in [7, 11) is 0. The molecule has 0 bridgehead atoms. The predicted molar refractivity (Wildman–Crippen MR) is 92.1 cm³/mol. The summed E-state index contributed by atoms with van der Waals surface area (Å²) in [5, 5.41) is 5.30. The first-order chi connectivity index (χ1) is 9.55. The highest BCUT2D eigenvalue weighted by atomic mass is 127. The third-order valence-corrected chi connectivity index (χ3v) is 4.58. The van der Waals surface area contributed by atoms with Gasteiger partial charge in [0.15, 0.2) is 0 Å². The molecule has 1 unspecified atom stereocenters. The SMILES string of the molecule is CCc1cc(CC(N)c2cc(Cl)ccc2I)n(CC)n1. The van der Waals surface area contributed by atoms with Gasteiger partial charge in [0.2, 0.25) is 0 Å². The molecule has 0 fully saturated rings. The van der Waals surface area contributed by atoms with Crippen LogP contribution < -0.4 is 5.73 Å². The topological polar surface area (TPSA) is 43.8 Å². The summed E-state index contributed by atoms with van der Waals surface area (Å²) in [5.74, 6) is 0. The Balaban J connectivity index is 2.24. The molecule has 108 valence electrons. The fourth-order valence-corrected chi connectivity index (χ4v) is 3.18. The van der Waals surface area contributed by atoms with Crippen molar-refractivity contribution in [2.45, 2.75) is 39.3 Å². The molecule has 2 N–H and O–H groups in total. The number of benzene rings is 1. The lowest BCUT2D eigenvalue weighted by Gasteiger charge is -2.15. The third-order valence-electron chi connectivity index (χ3n) is 3.36. The van der Waals surface area contributed by atoms with Crippen molar-refractivity contribution in [1.82, 2.24) is 9.78 Å². The van der Waals surface area contributed by atoms with Crippen LogP contribution in [0.2, 0.25) is 5.02 Å². The van der Waals surface area contributed by atoms with Crippen LogP contribution >= 0.6 is 34.2 Å². The van der Waals surface area contributed by atoms with Crippen molar-refractivity contribution >= 4 is 34.2 Å². The number of hydrogen-bond acceptors (Lipinski definition) is 2. The van der Waals surface area contributed by atoms with E-state index in [2.05, 4.69) is 47.6 Å². The number of aryl methyl sites for hydroxylation is 2. The lowest BCUT2D eigenvalue weighted by molar-refractivity contribution is 0.584. The largest absolute Gasteiger partial charge is 0.324 e. The molecule has 1 aromatic heterocycles. The van der Waals surface area contributed by atoms with Crippen LogP contribution in [0, 0.1) is 3.57 Å². The van der Waals surface area contributed by atoms with E-state index in [1.807, 2.05) is 22.9 Å². The number of hydrogen-bond donors (Lipinski definition) is 1. The lowest BCUT2D eigenvalue weighted by Crippen LogP contribution is -2.17. The van der Waals surface area contributed by atoms with Gasteiger partial charge in [-0.1, -0.05) is 18.5 Å². The summed E-state index contributed by atoms with van der Waals surface area (Å²) >= 11 is 8.38. The van der Waals surface area contributed by atoms with Gasteiger partial charge in [-0.05, 0) is 65.8 Å². The summed E-state index contributed by atoms with van der Waals surface area (Å²) in [4.78, 5) is 0. The Hall–Kier alpha value is -0.590. The van der Waals surface area contributed by atoms with E-state index in [0.717, 1.165) is 39.2 Å². The second kappa shape index (κ2) is 6.91. The van der Waals surface area contributed by atoms with Crippen LogP contribution in [0.1, 0.15) is 36.8 Å². The summed E-state index contributed by atoms with van der Waals surface area (Å²) < 4.78 is 3.19. The van der Waals surface area contributed by atoms with Crippen LogP contribution in [-0.2, 0) is 19.4 Å². The number of nitrogens with zero attached hydrogens (tertiary/aromatic N) is 2. The molecule has 1 aromatic carbocycles. The number of rotatable bonds is 5. The van der Waals surface area contributed by atoms with E-state index in [-0.39, 0.29) is 6.04 Å². The zero-order valence-corrected chi connectivity index (χ0v) is 14.6. The van der Waals surface area contributed by atoms with Gasteiger partial charge in [-0.25, -0.2) is 0 Å². The average Bonchev–Trinajstić information content (AvgIpc) is 2.83. The minimum atomic E-state index is -0.0627. The van der Waals surface area contributed by atoms with Crippen molar-refractivity contribution in [2.75, 3.05) is 0 Å². The van der Waals surface area contributed by atoms with Crippen molar-refractivity contribution in [2.24, 2.45) is 5.73 Å². The first kappa shape index (κ1) is 15.8. The van der Waals surface area contributed by atoms with Gasteiger partial charge in [-0.2, -0.15) is 5.10 Å². The highest BCUT2D eigenvalue weighted by Gasteiger charge is 2.15. The van der Waals surface area contributed by atoms with Gasteiger partial charge in [0.1, 0.15) is 0 Å². The van der Waals surface area contributed by atoms with E-state index < -0.39 is 0 Å². The van der Waals surface area contributed by atoms with Gasteiger partial charge < -0.3 is 5.73 Å². The second-order valence-electron chi connectivity index (χ2n) is 4.77. The van der Waals surface area contributed by atoms with Gasteiger partial charge in [0, 0.05) is 33.3 Å². The Morgan fingerprint density at radius 1 is 1.35 bits per heavy atom. The van der Waals surface area contributed by atoms with Crippen LogP contribution in [-0.4, -0.2) is 9.78 Å². The molecule has 0 saturated carbocycles. The zero-order valence-electron chi connectivity index (χ0n) is 11.7. The Bertz CT molecular complexity index is 595. The first-order valence-corrected chi connectivity index (χ1v) is 8.27. The Morgan fingerprint density at radius 3 is 2.75 bits per heavy atom. The summed E-state index contributed by atoms with van der Waals surface area (Å²) in [6.45, 7) is 5.09. The maximum absolute atomic E-state index is 6.37. The van der Waals surface area contributed by atoms with Crippen LogP contribution in [0.5, 0.6) is 0 Å². The van der Waals surface area contributed by atoms with E-state index in [1.54, 1.807) is 0 Å². The third kappa shape index (κ3) is 3.54. The summed E-state index contributed by atoms with van der Waals surface area (Å²) in [5.41, 5.74) is 9.77. The highest BCUT2D eigenvalue weighted by molar-refractivity contribution is 14.1. The molecule has 0 amide bonds. The fourth-order valence-electron chi connectivity index (χ4n) is 2.26.